The topological polar surface area (TPSA) is 105 Å². The molecule has 0 aliphatic rings. The van der Waals surface area contributed by atoms with E-state index in [1.54, 1.807) is 23.6 Å². The lowest BCUT2D eigenvalue weighted by Crippen LogP contribution is -2.40. The largest absolute Gasteiger partial charge is 0.351 e. The van der Waals surface area contributed by atoms with Crippen LogP contribution in [0.5, 0.6) is 0 Å². The highest BCUT2D eigenvalue weighted by molar-refractivity contribution is 7.93. The van der Waals surface area contributed by atoms with E-state index in [1.807, 2.05) is 0 Å². The van der Waals surface area contributed by atoms with Crippen molar-refractivity contribution in [1.29, 1.82) is 0 Å². The zero-order valence-corrected chi connectivity index (χ0v) is 13.9. The minimum Gasteiger partial charge on any atom is -0.351 e. The van der Waals surface area contributed by atoms with E-state index in [-0.39, 0.29) is 10.8 Å². The Balaban J connectivity index is 2.30. The first-order valence-electron chi connectivity index (χ1n) is 6.64. The van der Waals surface area contributed by atoms with Crippen LogP contribution in [0.3, 0.4) is 0 Å². The third-order valence-electron chi connectivity index (χ3n) is 3.09. The van der Waals surface area contributed by atoms with Crippen LogP contribution in [0.15, 0.2) is 46.2 Å². The predicted octanol–water partition coefficient (Wildman–Crippen LogP) is 0.520. The molecular weight excluding hydrogens is 338 g/mol. The van der Waals surface area contributed by atoms with Crippen molar-refractivity contribution in [2.75, 3.05) is 13.6 Å². The number of sulfone groups is 1. The Morgan fingerprint density at radius 3 is 2.61 bits per heavy atom. The zero-order valence-electron chi connectivity index (χ0n) is 12.2. The maximum Gasteiger partial charge on any atom is 0.309 e. The summed E-state index contributed by atoms with van der Waals surface area (Å²) in [6.45, 7) is -0.224. The number of hydrogen-bond donors (Lipinski definition) is 2. The van der Waals surface area contributed by atoms with Gasteiger partial charge in [-0.3, -0.25) is 14.6 Å². The lowest BCUT2D eigenvalue weighted by molar-refractivity contribution is -0.138. The molecule has 9 heteroatoms. The number of pyridine rings is 1. The third kappa shape index (κ3) is 3.93. The average molecular weight is 353 g/mol. The molecule has 0 saturated carbocycles. The van der Waals surface area contributed by atoms with Crippen LogP contribution < -0.4 is 10.6 Å². The minimum atomic E-state index is -3.71. The summed E-state index contributed by atoms with van der Waals surface area (Å²) in [5.74, 6) is -1.72. The SMILES string of the molecule is CNC(=O)C(=O)NC[C@H](c1cccnc1)S(=O)(=O)c1cccs1. The molecule has 0 bridgehead atoms. The summed E-state index contributed by atoms with van der Waals surface area (Å²) in [4.78, 5) is 26.8. The lowest BCUT2D eigenvalue weighted by Gasteiger charge is -2.17. The highest BCUT2D eigenvalue weighted by Gasteiger charge is 2.31. The molecule has 0 fully saturated rings. The summed E-state index contributed by atoms with van der Waals surface area (Å²) in [6, 6.07) is 6.38. The van der Waals surface area contributed by atoms with E-state index in [2.05, 4.69) is 15.6 Å². The first-order chi connectivity index (χ1) is 11.0. The molecule has 0 aliphatic carbocycles. The Bertz CT molecular complexity index is 774. The first-order valence-corrected chi connectivity index (χ1v) is 9.06. The predicted molar refractivity (Wildman–Crippen MR) is 85.6 cm³/mol. The molecule has 7 nitrogen and oxygen atoms in total. The number of thiophene rings is 1. The van der Waals surface area contributed by atoms with Crippen molar-refractivity contribution in [1.82, 2.24) is 15.6 Å². The van der Waals surface area contributed by atoms with E-state index < -0.39 is 26.9 Å². The smallest absolute Gasteiger partial charge is 0.309 e. The van der Waals surface area contributed by atoms with Gasteiger partial charge in [0.2, 0.25) is 0 Å². The Morgan fingerprint density at radius 2 is 2.04 bits per heavy atom. The maximum atomic E-state index is 12.8. The van der Waals surface area contributed by atoms with Crippen LogP contribution in [0, 0.1) is 0 Å². The summed E-state index contributed by atoms with van der Waals surface area (Å²) in [5, 5.41) is 5.17. The number of likely N-dealkylation sites (N-methyl/N-ethyl adjacent to an activating group) is 1. The maximum absolute atomic E-state index is 12.8. The van der Waals surface area contributed by atoms with Gasteiger partial charge in [-0.1, -0.05) is 12.1 Å². The van der Waals surface area contributed by atoms with E-state index in [0.717, 1.165) is 11.3 Å². The molecule has 0 spiro atoms. The van der Waals surface area contributed by atoms with Crippen molar-refractivity contribution in [3.8, 4) is 0 Å². The fourth-order valence-electron chi connectivity index (χ4n) is 1.92. The quantitative estimate of drug-likeness (QED) is 0.763. The second kappa shape index (κ2) is 7.34. The van der Waals surface area contributed by atoms with Crippen LogP contribution in [0.2, 0.25) is 0 Å². The molecule has 0 aliphatic heterocycles. The molecule has 0 saturated heterocycles. The molecule has 2 rings (SSSR count). The Hall–Kier alpha value is -2.26. The van der Waals surface area contributed by atoms with Gasteiger partial charge in [-0.05, 0) is 23.1 Å². The number of amides is 2. The van der Waals surface area contributed by atoms with Gasteiger partial charge in [-0.15, -0.1) is 11.3 Å². The van der Waals surface area contributed by atoms with Crippen molar-refractivity contribution < 1.29 is 18.0 Å². The summed E-state index contributed by atoms with van der Waals surface area (Å²) in [5.41, 5.74) is 0.443. The Morgan fingerprint density at radius 1 is 1.26 bits per heavy atom. The molecule has 23 heavy (non-hydrogen) atoms. The Kier molecular flexibility index (Phi) is 5.45. The summed E-state index contributed by atoms with van der Waals surface area (Å²) in [6.07, 6.45) is 2.96. The summed E-state index contributed by atoms with van der Waals surface area (Å²) >= 11 is 1.10. The van der Waals surface area contributed by atoms with Gasteiger partial charge in [0.25, 0.3) is 0 Å². The molecule has 2 heterocycles. The summed E-state index contributed by atoms with van der Waals surface area (Å²) < 4.78 is 25.7. The van der Waals surface area contributed by atoms with Crippen molar-refractivity contribution >= 4 is 33.0 Å². The highest BCUT2D eigenvalue weighted by atomic mass is 32.2. The average Bonchev–Trinajstić information content (AvgIpc) is 3.10. The number of nitrogens with zero attached hydrogens (tertiary/aromatic N) is 1. The second-order valence-electron chi connectivity index (χ2n) is 4.54. The normalized spacial score (nSPS) is 12.4. The molecule has 2 aromatic heterocycles. The van der Waals surface area contributed by atoms with Crippen LogP contribution in [-0.4, -0.2) is 38.8 Å². The highest BCUT2D eigenvalue weighted by Crippen LogP contribution is 2.30. The van der Waals surface area contributed by atoms with Crippen LogP contribution in [0.1, 0.15) is 10.8 Å². The number of carbonyl (C=O) groups is 2. The van der Waals surface area contributed by atoms with E-state index in [4.69, 9.17) is 0 Å². The number of carbonyl (C=O) groups excluding carboxylic acids is 2. The van der Waals surface area contributed by atoms with Gasteiger partial charge in [-0.25, -0.2) is 8.42 Å². The Labute approximate surface area is 137 Å². The molecule has 2 amide bonds. The van der Waals surface area contributed by atoms with Gasteiger partial charge in [0.05, 0.1) is 0 Å². The van der Waals surface area contributed by atoms with E-state index in [0.29, 0.717) is 5.56 Å². The van der Waals surface area contributed by atoms with Crippen molar-refractivity contribution in [2.45, 2.75) is 9.46 Å². The lowest BCUT2D eigenvalue weighted by atomic mass is 10.2. The van der Waals surface area contributed by atoms with Gasteiger partial charge < -0.3 is 10.6 Å². The van der Waals surface area contributed by atoms with Crippen LogP contribution in [0.4, 0.5) is 0 Å². The van der Waals surface area contributed by atoms with Crippen molar-refractivity contribution in [3.63, 3.8) is 0 Å². The van der Waals surface area contributed by atoms with Crippen molar-refractivity contribution in [2.24, 2.45) is 0 Å². The van der Waals surface area contributed by atoms with Gasteiger partial charge >= 0.3 is 11.8 Å². The van der Waals surface area contributed by atoms with E-state index in [9.17, 15) is 18.0 Å². The molecule has 122 valence electrons. The fraction of sp³-hybridized carbons (Fsp3) is 0.214. The van der Waals surface area contributed by atoms with Crippen LogP contribution in [0.25, 0.3) is 0 Å². The molecule has 2 aromatic rings. The fourth-order valence-corrected chi connectivity index (χ4v) is 4.77. The zero-order chi connectivity index (χ0) is 16.9. The third-order valence-corrected chi connectivity index (χ3v) is 6.62. The van der Waals surface area contributed by atoms with Gasteiger partial charge in [0.15, 0.2) is 9.84 Å². The van der Waals surface area contributed by atoms with Gasteiger partial charge in [0.1, 0.15) is 9.46 Å². The second-order valence-corrected chi connectivity index (χ2v) is 7.85. The van der Waals surface area contributed by atoms with Crippen LogP contribution in [-0.2, 0) is 19.4 Å². The number of rotatable bonds is 5. The van der Waals surface area contributed by atoms with Gasteiger partial charge in [0, 0.05) is 26.0 Å². The molecule has 0 unspecified atom stereocenters. The van der Waals surface area contributed by atoms with Crippen LogP contribution >= 0.6 is 11.3 Å². The number of hydrogen-bond acceptors (Lipinski definition) is 6. The molecule has 1 atom stereocenters. The standard InChI is InChI=1S/C14H15N3O4S2/c1-15-13(18)14(19)17-9-11(10-4-2-6-16-8-10)23(20,21)12-5-3-7-22-12/h2-8,11H,9H2,1H3,(H,15,18)(H,17,19)/t11-/m1/s1. The van der Waals surface area contributed by atoms with Gasteiger partial charge in [-0.2, -0.15) is 0 Å². The summed E-state index contributed by atoms with van der Waals surface area (Å²) in [7, 11) is -2.38. The number of aromatic nitrogens is 1. The van der Waals surface area contributed by atoms with Crippen molar-refractivity contribution in [3.05, 3.63) is 47.6 Å². The number of nitrogens with one attached hydrogen (secondary N) is 2. The molecule has 0 aromatic carbocycles. The first kappa shape index (κ1) is 17.1. The molecular formula is C14H15N3O4S2. The molecule has 2 N–H and O–H groups in total. The molecule has 0 radical (unpaired) electrons. The van der Waals surface area contributed by atoms with E-state index in [1.165, 1.54) is 25.5 Å². The minimum absolute atomic E-state index is 0.195. The van der Waals surface area contributed by atoms with E-state index >= 15 is 0 Å². The monoisotopic (exact) mass is 353 g/mol.